The van der Waals surface area contributed by atoms with Crippen molar-refractivity contribution in [2.45, 2.75) is 58.3 Å². The van der Waals surface area contributed by atoms with E-state index in [4.69, 9.17) is 4.42 Å². The number of rotatable bonds is 8. The average molecular weight is 275 g/mol. The Balaban J connectivity index is 1.93. The number of halogens is 1. The summed E-state index contributed by atoms with van der Waals surface area (Å²) < 4.78 is 5.22. The van der Waals surface area contributed by atoms with Gasteiger partial charge in [-0.2, -0.15) is 0 Å². The lowest BCUT2D eigenvalue weighted by atomic mass is 10.1. The maximum Gasteiger partial charge on any atom is 0.284 e. The molecular formula is C11H19BrN2O. The molecule has 0 fully saturated rings. The third-order valence-corrected chi connectivity index (χ3v) is 2.76. The monoisotopic (exact) mass is 274 g/mol. The molecule has 0 N–H and O–H groups in total. The Labute approximate surface area is 99.8 Å². The first-order valence-corrected chi connectivity index (χ1v) is 6.60. The summed E-state index contributed by atoms with van der Waals surface area (Å²) >= 11 is 3.14. The molecule has 1 rings (SSSR count). The Morgan fingerprint density at radius 1 is 1.00 bits per heavy atom. The molecule has 1 aromatic rings. The van der Waals surface area contributed by atoms with Crippen molar-refractivity contribution in [3.05, 3.63) is 10.7 Å². The van der Waals surface area contributed by atoms with Crippen LogP contribution in [-0.2, 0) is 6.42 Å². The predicted molar refractivity (Wildman–Crippen MR) is 63.7 cm³/mol. The molecule has 0 aromatic carbocycles. The van der Waals surface area contributed by atoms with Crippen molar-refractivity contribution in [2.75, 3.05) is 0 Å². The van der Waals surface area contributed by atoms with Gasteiger partial charge in [-0.15, -0.1) is 10.2 Å². The summed E-state index contributed by atoms with van der Waals surface area (Å²) in [5.74, 6) is 0.746. The van der Waals surface area contributed by atoms with Gasteiger partial charge in [0.25, 0.3) is 4.80 Å². The average Bonchev–Trinajstić information content (AvgIpc) is 2.63. The number of hydrogen-bond acceptors (Lipinski definition) is 3. The Bertz CT molecular complexity index is 263. The molecule has 0 radical (unpaired) electrons. The molecule has 86 valence electrons. The van der Waals surface area contributed by atoms with Gasteiger partial charge < -0.3 is 4.42 Å². The van der Waals surface area contributed by atoms with Crippen LogP contribution in [-0.4, -0.2) is 10.2 Å². The number of aryl methyl sites for hydroxylation is 1. The zero-order valence-electron chi connectivity index (χ0n) is 9.34. The summed E-state index contributed by atoms with van der Waals surface area (Å²) in [4.78, 5) is 0.487. The van der Waals surface area contributed by atoms with E-state index < -0.39 is 0 Å². The van der Waals surface area contributed by atoms with Gasteiger partial charge in [0.05, 0.1) is 0 Å². The second-order valence-corrected chi connectivity index (χ2v) is 4.50. The maximum absolute atomic E-state index is 5.22. The van der Waals surface area contributed by atoms with Gasteiger partial charge in [-0.1, -0.05) is 45.4 Å². The van der Waals surface area contributed by atoms with Crippen molar-refractivity contribution >= 4 is 15.9 Å². The molecule has 3 nitrogen and oxygen atoms in total. The highest BCUT2D eigenvalue weighted by Gasteiger charge is 2.01. The summed E-state index contributed by atoms with van der Waals surface area (Å²) in [5, 5.41) is 7.66. The molecule has 0 saturated carbocycles. The molecule has 0 bridgehead atoms. The number of hydrogen-bond donors (Lipinski definition) is 0. The van der Waals surface area contributed by atoms with Crippen LogP contribution >= 0.6 is 15.9 Å². The van der Waals surface area contributed by atoms with Crippen LogP contribution in [0.25, 0.3) is 0 Å². The molecule has 0 amide bonds. The molecule has 1 heterocycles. The van der Waals surface area contributed by atoms with Crippen LogP contribution < -0.4 is 0 Å². The predicted octanol–water partition coefficient (Wildman–Crippen LogP) is 4.13. The summed E-state index contributed by atoms with van der Waals surface area (Å²) in [7, 11) is 0. The van der Waals surface area contributed by atoms with E-state index in [1.165, 1.54) is 38.5 Å². The van der Waals surface area contributed by atoms with Crippen molar-refractivity contribution in [3.63, 3.8) is 0 Å². The first kappa shape index (κ1) is 12.7. The van der Waals surface area contributed by atoms with Crippen LogP contribution in [0.2, 0.25) is 0 Å². The van der Waals surface area contributed by atoms with Gasteiger partial charge in [0, 0.05) is 22.4 Å². The van der Waals surface area contributed by atoms with E-state index in [2.05, 4.69) is 33.1 Å². The highest BCUT2D eigenvalue weighted by atomic mass is 79.9. The maximum atomic E-state index is 5.22. The fraction of sp³-hybridized carbons (Fsp3) is 0.818. The van der Waals surface area contributed by atoms with Crippen molar-refractivity contribution in [3.8, 4) is 0 Å². The van der Waals surface area contributed by atoms with Crippen molar-refractivity contribution in [1.82, 2.24) is 10.2 Å². The Morgan fingerprint density at radius 3 is 2.27 bits per heavy atom. The third kappa shape index (κ3) is 5.92. The smallest absolute Gasteiger partial charge is 0.284 e. The number of nitrogens with zero attached hydrogens (tertiary/aromatic N) is 2. The second-order valence-electron chi connectivity index (χ2n) is 3.82. The summed E-state index contributed by atoms with van der Waals surface area (Å²) in [5.41, 5.74) is 0. The minimum atomic E-state index is 0.487. The quantitative estimate of drug-likeness (QED) is 0.670. The molecular weight excluding hydrogens is 256 g/mol. The van der Waals surface area contributed by atoms with Crippen LogP contribution in [0.4, 0.5) is 0 Å². The minimum absolute atomic E-state index is 0.487. The number of unbranched alkanes of at least 4 members (excludes halogenated alkanes) is 6. The molecule has 0 saturated heterocycles. The van der Waals surface area contributed by atoms with Gasteiger partial charge in [0.2, 0.25) is 5.89 Å². The highest BCUT2D eigenvalue weighted by Crippen LogP contribution is 2.11. The SMILES string of the molecule is CCCCCCCCCc1nnc(Br)o1. The van der Waals surface area contributed by atoms with Gasteiger partial charge in [0.15, 0.2) is 0 Å². The van der Waals surface area contributed by atoms with Gasteiger partial charge in [-0.05, 0) is 6.42 Å². The van der Waals surface area contributed by atoms with E-state index in [0.717, 1.165) is 18.7 Å². The third-order valence-electron chi connectivity index (χ3n) is 2.44. The molecule has 0 aliphatic heterocycles. The molecule has 0 spiro atoms. The van der Waals surface area contributed by atoms with E-state index >= 15 is 0 Å². The Hall–Kier alpha value is -0.380. The molecule has 4 heteroatoms. The second kappa shape index (κ2) is 7.85. The molecule has 15 heavy (non-hydrogen) atoms. The lowest BCUT2D eigenvalue weighted by Crippen LogP contribution is -1.86. The first-order chi connectivity index (χ1) is 7.33. The van der Waals surface area contributed by atoms with E-state index in [1.54, 1.807) is 0 Å². The molecule has 0 aliphatic carbocycles. The lowest BCUT2D eigenvalue weighted by Gasteiger charge is -1.98. The highest BCUT2D eigenvalue weighted by molar-refractivity contribution is 9.10. The Morgan fingerprint density at radius 2 is 1.67 bits per heavy atom. The van der Waals surface area contributed by atoms with Crippen molar-refractivity contribution in [1.29, 1.82) is 0 Å². The summed E-state index contributed by atoms with van der Waals surface area (Å²) in [6.45, 7) is 2.24. The fourth-order valence-electron chi connectivity index (χ4n) is 1.57. The molecule has 1 aromatic heterocycles. The van der Waals surface area contributed by atoms with Crippen molar-refractivity contribution < 1.29 is 4.42 Å². The van der Waals surface area contributed by atoms with Crippen LogP contribution in [0.5, 0.6) is 0 Å². The van der Waals surface area contributed by atoms with Crippen LogP contribution in [0, 0.1) is 0 Å². The zero-order valence-corrected chi connectivity index (χ0v) is 10.9. The van der Waals surface area contributed by atoms with Crippen molar-refractivity contribution in [2.24, 2.45) is 0 Å². The van der Waals surface area contributed by atoms with Crippen LogP contribution in [0.1, 0.15) is 57.8 Å². The van der Waals surface area contributed by atoms with Gasteiger partial charge in [-0.3, -0.25) is 0 Å². The number of aromatic nitrogens is 2. The van der Waals surface area contributed by atoms with Crippen LogP contribution in [0.3, 0.4) is 0 Å². The lowest BCUT2D eigenvalue weighted by molar-refractivity contribution is 0.458. The molecule has 0 atom stereocenters. The minimum Gasteiger partial charge on any atom is -0.416 e. The van der Waals surface area contributed by atoms with Gasteiger partial charge >= 0.3 is 0 Å². The largest absolute Gasteiger partial charge is 0.416 e. The van der Waals surface area contributed by atoms with Crippen LogP contribution in [0.15, 0.2) is 9.22 Å². The zero-order chi connectivity index (χ0) is 10.9. The van der Waals surface area contributed by atoms with E-state index in [9.17, 15) is 0 Å². The van der Waals surface area contributed by atoms with Gasteiger partial charge in [-0.25, -0.2) is 0 Å². The summed E-state index contributed by atoms with van der Waals surface area (Å²) in [6.07, 6.45) is 10.1. The van der Waals surface area contributed by atoms with E-state index in [0.29, 0.717) is 4.80 Å². The standard InChI is InChI=1S/C11H19BrN2O/c1-2-3-4-5-6-7-8-9-10-13-14-11(12)15-10/h2-9H2,1H3. The van der Waals surface area contributed by atoms with Gasteiger partial charge in [0.1, 0.15) is 0 Å². The van der Waals surface area contributed by atoms with E-state index in [1.807, 2.05) is 0 Å². The normalized spacial score (nSPS) is 10.8. The Kier molecular flexibility index (Phi) is 6.64. The molecule has 0 aliphatic rings. The summed E-state index contributed by atoms with van der Waals surface area (Å²) in [6, 6.07) is 0. The first-order valence-electron chi connectivity index (χ1n) is 5.81. The molecule has 0 unspecified atom stereocenters. The van der Waals surface area contributed by atoms with E-state index in [-0.39, 0.29) is 0 Å². The topological polar surface area (TPSA) is 38.9 Å². The fourth-order valence-corrected chi connectivity index (χ4v) is 1.83.